The van der Waals surface area contributed by atoms with Gasteiger partial charge in [0.15, 0.2) is 11.5 Å². The molecule has 0 saturated carbocycles. The van der Waals surface area contributed by atoms with Crippen molar-refractivity contribution in [1.29, 1.82) is 0 Å². The van der Waals surface area contributed by atoms with Gasteiger partial charge in [-0.05, 0) is 54.1 Å². The highest BCUT2D eigenvalue weighted by atomic mass is 35.5. The Morgan fingerprint density at radius 1 is 0.923 bits per heavy atom. The van der Waals surface area contributed by atoms with E-state index in [1.807, 2.05) is 18.2 Å². The van der Waals surface area contributed by atoms with E-state index in [9.17, 15) is 15.0 Å². The lowest BCUT2D eigenvalue weighted by molar-refractivity contribution is 0.0975. The van der Waals surface area contributed by atoms with E-state index in [-0.39, 0.29) is 17.4 Å². The smallest absolute Gasteiger partial charge is 0.262 e. The number of halogens is 1. The average Bonchev–Trinajstić information content (AvgIpc) is 2.65. The number of fused-ring (bicyclic) bond motifs is 1. The quantitative estimate of drug-likeness (QED) is 0.583. The van der Waals surface area contributed by atoms with Crippen LogP contribution in [0.15, 0.2) is 66.7 Å². The molecule has 5 nitrogen and oxygen atoms in total. The minimum absolute atomic E-state index is 0.167. The fourth-order valence-electron chi connectivity index (χ4n) is 3.07. The molecule has 0 bridgehead atoms. The molecule has 0 radical (unpaired) electrons. The van der Waals surface area contributed by atoms with Gasteiger partial charge >= 0.3 is 0 Å². The molecule has 0 aliphatic carbocycles. The molecule has 1 heterocycles. The molecule has 4 rings (SSSR count). The van der Waals surface area contributed by atoms with Crippen molar-refractivity contribution in [3.63, 3.8) is 0 Å². The second-order valence-corrected chi connectivity index (χ2v) is 6.43. The SMILES string of the molecule is O=C1c2ccccc2N[C@H](c2ccc(O)c(O)c2)N1c1ccc(Cl)cc1. The summed E-state index contributed by atoms with van der Waals surface area (Å²) in [6.45, 7) is 0. The lowest BCUT2D eigenvalue weighted by Gasteiger charge is -2.38. The molecule has 0 fully saturated rings. The number of rotatable bonds is 2. The molecular weight excluding hydrogens is 352 g/mol. The summed E-state index contributed by atoms with van der Waals surface area (Å²) in [6.07, 6.45) is -0.551. The van der Waals surface area contributed by atoms with Crippen molar-refractivity contribution in [2.45, 2.75) is 6.17 Å². The maximum atomic E-state index is 13.2. The second-order valence-electron chi connectivity index (χ2n) is 5.99. The van der Waals surface area contributed by atoms with Crippen molar-refractivity contribution in [1.82, 2.24) is 0 Å². The number of carbonyl (C=O) groups excluding carboxylic acids is 1. The number of benzene rings is 3. The number of phenolic OH excluding ortho intramolecular Hbond substituents is 2. The molecule has 3 N–H and O–H groups in total. The molecule has 0 spiro atoms. The fourth-order valence-corrected chi connectivity index (χ4v) is 3.19. The molecule has 6 heteroatoms. The number of anilines is 2. The van der Waals surface area contributed by atoms with Gasteiger partial charge in [0.05, 0.1) is 5.56 Å². The standard InChI is InChI=1S/C20H15ClN2O3/c21-13-6-8-14(9-7-13)23-19(12-5-10-17(24)18(25)11-12)22-16-4-2-1-3-15(16)20(23)26/h1-11,19,22,24-25H/t19-/m0/s1. The van der Waals surface area contributed by atoms with Crippen molar-refractivity contribution in [2.75, 3.05) is 10.2 Å². The summed E-state index contributed by atoms with van der Waals surface area (Å²) < 4.78 is 0. The van der Waals surface area contributed by atoms with E-state index >= 15 is 0 Å². The molecule has 26 heavy (non-hydrogen) atoms. The molecule has 0 aromatic heterocycles. The van der Waals surface area contributed by atoms with E-state index < -0.39 is 6.17 Å². The summed E-state index contributed by atoms with van der Waals surface area (Å²) in [5.74, 6) is -0.625. The first-order chi connectivity index (χ1) is 12.5. The van der Waals surface area contributed by atoms with Gasteiger partial charge in [-0.15, -0.1) is 0 Å². The summed E-state index contributed by atoms with van der Waals surface area (Å²) in [5, 5.41) is 23.4. The fraction of sp³-hybridized carbons (Fsp3) is 0.0500. The van der Waals surface area contributed by atoms with Crippen LogP contribution in [0, 0.1) is 0 Å². The van der Waals surface area contributed by atoms with E-state index in [0.29, 0.717) is 27.5 Å². The van der Waals surface area contributed by atoms with E-state index in [4.69, 9.17) is 11.6 Å². The van der Waals surface area contributed by atoms with Crippen LogP contribution in [0.2, 0.25) is 5.02 Å². The topological polar surface area (TPSA) is 72.8 Å². The zero-order chi connectivity index (χ0) is 18.3. The molecule has 0 unspecified atom stereocenters. The number of carbonyl (C=O) groups is 1. The Morgan fingerprint density at radius 3 is 2.38 bits per heavy atom. The zero-order valence-electron chi connectivity index (χ0n) is 13.6. The average molecular weight is 367 g/mol. The number of para-hydroxylation sites is 1. The summed E-state index contributed by atoms with van der Waals surface area (Å²) in [6, 6.07) is 18.7. The van der Waals surface area contributed by atoms with Crippen LogP contribution in [0.1, 0.15) is 22.1 Å². The van der Waals surface area contributed by atoms with Gasteiger partial charge in [0.2, 0.25) is 0 Å². The van der Waals surface area contributed by atoms with Crippen LogP contribution in [0.5, 0.6) is 11.5 Å². The minimum Gasteiger partial charge on any atom is -0.504 e. The normalized spacial score (nSPS) is 16.1. The summed E-state index contributed by atoms with van der Waals surface area (Å²) >= 11 is 5.98. The molecule has 1 atom stereocenters. The van der Waals surface area contributed by atoms with Crippen LogP contribution >= 0.6 is 11.6 Å². The predicted octanol–water partition coefficient (Wildman–Crippen LogP) is 4.52. The molecular formula is C20H15ClN2O3. The Bertz CT molecular complexity index is 989. The van der Waals surface area contributed by atoms with Crippen LogP contribution < -0.4 is 10.2 Å². The zero-order valence-corrected chi connectivity index (χ0v) is 14.3. The van der Waals surface area contributed by atoms with Crippen LogP contribution in [-0.2, 0) is 0 Å². The van der Waals surface area contributed by atoms with Gasteiger partial charge in [-0.25, -0.2) is 0 Å². The first-order valence-corrected chi connectivity index (χ1v) is 8.39. The summed E-state index contributed by atoms with van der Waals surface area (Å²) in [5.41, 5.74) is 2.57. The van der Waals surface area contributed by atoms with E-state index in [0.717, 1.165) is 0 Å². The highest BCUT2D eigenvalue weighted by Gasteiger charge is 2.34. The van der Waals surface area contributed by atoms with Gasteiger partial charge in [-0.3, -0.25) is 9.69 Å². The van der Waals surface area contributed by atoms with Crippen molar-refractivity contribution in [2.24, 2.45) is 0 Å². The monoisotopic (exact) mass is 366 g/mol. The number of nitrogens with zero attached hydrogens (tertiary/aromatic N) is 1. The third-order valence-electron chi connectivity index (χ3n) is 4.35. The molecule has 1 aliphatic heterocycles. The Morgan fingerprint density at radius 2 is 1.65 bits per heavy atom. The van der Waals surface area contributed by atoms with Gasteiger partial charge in [-0.2, -0.15) is 0 Å². The number of nitrogens with one attached hydrogen (secondary N) is 1. The van der Waals surface area contributed by atoms with Crippen molar-refractivity contribution >= 4 is 28.9 Å². The van der Waals surface area contributed by atoms with E-state index in [1.165, 1.54) is 12.1 Å². The van der Waals surface area contributed by atoms with Crippen molar-refractivity contribution in [3.8, 4) is 11.5 Å². The minimum atomic E-state index is -0.551. The molecule has 1 amide bonds. The van der Waals surface area contributed by atoms with Crippen LogP contribution in [0.25, 0.3) is 0 Å². The Kier molecular flexibility index (Phi) is 3.93. The van der Waals surface area contributed by atoms with Gasteiger partial charge < -0.3 is 15.5 Å². The third-order valence-corrected chi connectivity index (χ3v) is 4.60. The first-order valence-electron chi connectivity index (χ1n) is 8.01. The van der Waals surface area contributed by atoms with E-state index in [2.05, 4.69) is 5.32 Å². The van der Waals surface area contributed by atoms with Gasteiger partial charge in [0.1, 0.15) is 6.17 Å². The predicted molar refractivity (Wildman–Crippen MR) is 101 cm³/mol. The maximum absolute atomic E-state index is 13.2. The number of amides is 1. The van der Waals surface area contributed by atoms with Crippen LogP contribution in [0.3, 0.4) is 0 Å². The van der Waals surface area contributed by atoms with Crippen molar-refractivity contribution in [3.05, 3.63) is 82.9 Å². The Labute approximate surface area is 155 Å². The number of phenols is 2. The van der Waals surface area contributed by atoms with E-state index in [1.54, 1.807) is 41.3 Å². The number of hydrogen-bond donors (Lipinski definition) is 3. The van der Waals surface area contributed by atoms with Gasteiger partial charge in [0.25, 0.3) is 5.91 Å². The maximum Gasteiger partial charge on any atom is 0.262 e. The number of aromatic hydroxyl groups is 2. The summed E-state index contributed by atoms with van der Waals surface area (Å²) in [7, 11) is 0. The van der Waals surface area contributed by atoms with Gasteiger partial charge in [0, 0.05) is 16.4 Å². The van der Waals surface area contributed by atoms with Gasteiger partial charge in [-0.1, -0.05) is 29.8 Å². The molecule has 130 valence electrons. The first kappa shape index (κ1) is 16.3. The lowest BCUT2D eigenvalue weighted by atomic mass is 10.0. The van der Waals surface area contributed by atoms with Crippen LogP contribution in [0.4, 0.5) is 11.4 Å². The third kappa shape index (κ3) is 2.72. The second kappa shape index (κ2) is 6.28. The Balaban J connectivity index is 1.86. The lowest BCUT2D eigenvalue weighted by Crippen LogP contribution is -2.43. The number of hydrogen-bond acceptors (Lipinski definition) is 4. The largest absolute Gasteiger partial charge is 0.504 e. The van der Waals surface area contributed by atoms with Crippen LogP contribution in [-0.4, -0.2) is 16.1 Å². The van der Waals surface area contributed by atoms with Crippen molar-refractivity contribution < 1.29 is 15.0 Å². The molecule has 1 aliphatic rings. The molecule has 3 aromatic carbocycles. The highest BCUT2D eigenvalue weighted by molar-refractivity contribution is 6.30. The summed E-state index contributed by atoms with van der Waals surface area (Å²) in [4.78, 5) is 14.8. The Hall–Kier alpha value is -3.18. The molecule has 3 aromatic rings. The highest BCUT2D eigenvalue weighted by Crippen LogP contribution is 2.38. The molecule has 0 saturated heterocycles.